The van der Waals surface area contributed by atoms with E-state index in [1.165, 1.54) is 5.57 Å². The van der Waals surface area contributed by atoms with Gasteiger partial charge >= 0.3 is 5.97 Å². The van der Waals surface area contributed by atoms with Crippen molar-refractivity contribution in [3.8, 4) is 0 Å². The van der Waals surface area contributed by atoms with Gasteiger partial charge in [-0.3, -0.25) is 4.79 Å². The molecule has 0 heterocycles. The second kappa shape index (κ2) is 7.64. The molecule has 0 aromatic heterocycles. The predicted molar refractivity (Wildman–Crippen MR) is 123 cm³/mol. The number of nitrogens with zero attached hydrogens (tertiary/aromatic N) is 1. The molecule has 4 aliphatic carbocycles. The number of carbonyl (C=O) groups excluding carboxylic acids is 1. The third kappa shape index (κ3) is 3.32. The third-order valence-corrected chi connectivity index (χ3v) is 9.22. The molecule has 0 bridgehead atoms. The van der Waals surface area contributed by atoms with Gasteiger partial charge in [-0.2, -0.15) is 0 Å². The summed E-state index contributed by atoms with van der Waals surface area (Å²) in [7, 11) is 0. The fourth-order valence-electron chi connectivity index (χ4n) is 7.67. The largest absolute Gasteiger partial charge is 0.478 e. The molecule has 2 fully saturated rings. The quantitative estimate of drug-likeness (QED) is 0.624. The van der Waals surface area contributed by atoms with E-state index in [2.05, 4.69) is 47.6 Å². The van der Waals surface area contributed by atoms with Crippen molar-refractivity contribution in [2.75, 3.05) is 0 Å². The maximum absolute atomic E-state index is 13.6. The lowest BCUT2D eigenvalue weighted by Gasteiger charge is -2.57. The van der Waals surface area contributed by atoms with Gasteiger partial charge in [0, 0.05) is 23.1 Å². The van der Waals surface area contributed by atoms with Crippen LogP contribution in [0.3, 0.4) is 0 Å². The summed E-state index contributed by atoms with van der Waals surface area (Å²) >= 11 is 0. The molecule has 0 radical (unpaired) electrons. The lowest BCUT2D eigenvalue weighted by atomic mass is 9.47. The monoisotopic (exact) mass is 425 g/mol. The Bertz CT molecular complexity index is 871. The molecule has 0 aliphatic heterocycles. The van der Waals surface area contributed by atoms with Crippen LogP contribution in [0, 0.1) is 28.6 Å². The Morgan fingerprint density at radius 2 is 1.71 bits per heavy atom. The van der Waals surface area contributed by atoms with Crippen LogP contribution >= 0.6 is 0 Å². The normalized spacial score (nSPS) is 36.8. The van der Waals surface area contributed by atoms with Crippen molar-refractivity contribution in [2.45, 2.75) is 92.2 Å². The number of hydrogen-bond acceptors (Lipinski definition) is 2. The van der Waals surface area contributed by atoms with Crippen molar-refractivity contribution in [3.63, 3.8) is 0 Å². The van der Waals surface area contributed by atoms with Gasteiger partial charge in [0.15, 0.2) is 0 Å². The van der Waals surface area contributed by atoms with E-state index in [4.69, 9.17) is 0 Å². The first kappa shape index (κ1) is 22.4. The van der Waals surface area contributed by atoms with Crippen LogP contribution in [0.25, 0.3) is 0 Å². The molecule has 5 atom stereocenters. The Morgan fingerprint density at radius 3 is 2.32 bits per heavy atom. The van der Waals surface area contributed by atoms with Crippen molar-refractivity contribution in [1.29, 1.82) is 0 Å². The van der Waals surface area contributed by atoms with E-state index >= 15 is 0 Å². The average Bonchev–Trinajstić information content (AvgIpc) is 3.03. The maximum atomic E-state index is 13.6. The highest BCUT2D eigenvalue weighted by Crippen LogP contribution is 2.65. The van der Waals surface area contributed by atoms with Crippen LogP contribution in [0.4, 0.5) is 0 Å². The van der Waals surface area contributed by atoms with E-state index in [0.717, 1.165) is 44.1 Å². The summed E-state index contributed by atoms with van der Waals surface area (Å²) in [6, 6.07) is 0.400. The van der Waals surface area contributed by atoms with Gasteiger partial charge in [-0.1, -0.05) is 31.6 Å². The van der Waals surface area contributed by atoms with Gasteiger partial charge < -0.3 is 10.0 Å². The summed E-state index contributed by atoms with van der Waals surface area (Å²) < 4.78 is 0. The number of carboxylic acid groups (broad SMARTS) is 1. The molecular formula is C27H39NO3. The van der Waals surface area contributed by atoms with E-state index in [1.54, 1.807) is 0 Å². The summed E-state index contributed by atoms with van der Waals surface area (Å²) in [4.78, 5) is 27.2. The van der Waals surface area contributed by atoms with Gasteiger partial charge in [-0.05, 0) is 95.5 Å². The van der Waals surface area contributed by atoms with Crippen molar-refractivity contribution >= 4 is 11.9 Å². The minimum atomic E-state index is -0.809. The number of fused-ring (bicyclic) bond motifs is 5. The highest BCUT2D eigenvalue weighted by molar-refractivity contribution is 5.96. The first-order chi connectivity index (χ1) is 14.5. The van der Waals surface area contributed by atoms with Crippen molar-refractivity contribution in [1.82, 2.24) is 4.90 Å². The predicted octanol–water partition coefficient (Wildman–Crippen LogP) is 5.75. The molecule has 4 nitrogen and oxygen atoms in total. The van der Waals surface area contributed by atoms with E-state index < -0.39 is 5.97 Å². The molecule has 1 amide bonds. The molecule has 4 rings (SSSR count). The Morgan fingerprint density at radius 1 is 1.03 bits per heavy atom. The molecule has 4 heteroatoms. The van der Waals surface area contributed by atoms with Crippen molar-refractivity contribution in [2.24, 2.45) is 28.6 Å². The Labute approximate surface area is 187 Å². The Hall–Kier alpha value is -1.84. The van der Waals surface area contributed by atoms with Crippen LogP contribution < -0.4 is 0 Å². The zero-order valence-electron chi connectivity index (χ0n) is 20.1. The number of amides is 1. The van der Waals surface area contributed by atoms with Crippen LogP contribution in [-0.4, -0.2) is 34.0 Å². The second-order valence-electron chi connectivity index (χ2n) is 11.4. The lowest BCUT2D eigenvalue weighted by molar-refractivity contribution is -0.133. The van der Waals surface area contributed by atoms with Gasteiger partial charge in [0.25, 0.3) is 0 Å². The fraction of sp³-hybridized carbons (Fsp3) is 0.704. The lowest BCUT2D eigenvalue weighted by Crippen LogP contribution is -2.51. The highest BCUT2D eigenvalue weighted by atomic mass is 16.4. The fourth-order valence-corrected chi connectivity index (χ4v) is 7.67. The molecular weight excluding hydrogens is 386 g/mol. The van der Waals surface area contributed by atoms with Gasteiger partial charge in [0.2, 0.25) is 5.91 Å². The summed E-state index contributed by atoms with van der Waals surface area (Å²) in [6.07, 6.45) is 12.3. The summed E-state index contributed by atoms with van der Waals surface area (Å²) in [5.74, 6) is 1.13. The van der Waals surface area contributed by atoms with Crippen LogP contribution in [0.5, 0.6) is 0 Å². The smallest absolute Gasteiger partial charge is 0.335 e. The number of rotatable bonds is 4. The second-order valence-corrected chi connectivity index (χ2v) is 11.4. The highest BCUT2D eigenvalue weighted by Gasteiger charge is 2.58. The van der Waals surface area contributed by atoms with Crippen LogP contribution in [0.2, 0.25) is 0 Å². The van der Waals surface area contributed by atoms with Crippen LogP contribution in [0.1, 0.15) is 80.1 Å². The number of carboxylic acids is 1. The van der Waals surface area contributed by atoms with Crippen LogP contribution in [0.15, 0.2) is 34.9 Å². The SMILES string of the molecule is CC(C)N(C(=O)C1=CCC2C3CCC4=CC(C(=O)O)=CC[C@]4(C)C3CC[C@]12C)C(C)C. The van der Waals surface area contributed by atoms with E-state index in [-0.39, 0.29) is 28.8 Å². The zero-order chi connectivity index (χ0) is 22.7. The number of aliphatic carboxylic acids is 1. The third-order valence-electron chi connectivity index (χ3n) is 9.22. The number of carbonyl (C=O) groups is 2. The zero-order valence-corrected chi connectivity index (χ0v) is 20.1. The Balaban J connectivity index is 1.59. The van der Waals surface area contributed by atoms with E-state index in [0.29, 0.717) is 23.3 Å². The molecule has 2 saturated carbocycles. The molecule has 170 valence electrons. The van der Waals surface area contributed by atoms with Gasteiger partial charge in [0.1, 0.15) is 0 Å². The minimum absolute atomic E-state index is 0.0331. The molecule has 1 N–H and O–H groups in total. The molecule has 31 heavy (non-hydrogen) atoms. The standard InChI is InChI=1S/C27H39NO3/c1-16(2)28(17(3)4)24(29)23-10-9-21-20-8-7-19-15-18(25(30)31)11-13-26(19,5)22(20)12-14-27(21,23)6/h10-11,15-17,20-22H,7-9,12-14H2,1-6H3,(H,30,31)/t20?,21?,22?,26-,27-/m0/s1. The summed E-state index contributed by atoms with van der Waals surface area (Å²) in [6.45, 7) is 13.2. The van der Waals surface area contributed by atoms with Crippen LogP contribution in [-0.2, 0) is 9.59 Å². The maximum Gasteiger partial charge on any atom is 0.335 e. The average molecular weight is 426 g/mol. The number of allylic oxidation sites excluding steroid dienone is 3. The molecule has 0 saturated heterocycles. The Kier molecular flexibility index (Phi) is 5.51. The van der Waals surface area contributed by atoms with Gasteiger partial charge in [-0.15, -0.1) is 0 Å². The molecule has 4 aliphatic rings. The molecule has 3 unspecified atom stereocenters. The first-order valence-electron chi connectivity index (χ1n) is 12.2. The van der Waals surface area contributed by atoms with Crippen molar-refractivity contribution < 1.29 is 14.7 Å². The summed E-state index contributed by atoms with van der Waals surface area (Å²) in [5.41, 5.74) is 2.89. The molecule has 0 aromatic carbocycles. The topological polar surface area (TPSA) is 57.6 Å². The summed E-state index contributed by atoms with van der Waals surface area (Å²) in [5, 5.41) is 9.45. The minimum Gasteiger partial charge on any atom is -0.478 e. The van der Waals surface area contributed by atoms with E-state index in [9.17, 15) is 14.7 Å². The molecule has 0 spiro atoms. The van der Waals surface area contributed by atoms with Gasteiger partial charge in [0.05, 0.1) is 5.57 Å². The number of hydrogen-bond donors (Lipinski definition) is 1. The van der Waals surface area contributed by atoms with Crippen molar-refractivity contribution in [3.05, 3.63) is 34.9 Å². The van der Waals surface area contributed by atoms with E-state index in [1.807, 2.05) is 17.1 Å². The molecule has 0 aromatic rings. The first-order valence-corrected chi connectivity index (χ1v) is 12.2. The van der Waals surface area contributed by atoms with Gasteiger partial charge in [-0.25, -0.2) is 4.79 Å².